The Morgan fingerprint density at radius 1 is 0.950 bits per heavy atom. The number of carbonyl (C=O) groups excluding carboxylic acids is 1. The molecule has 218 valence electrons. The Kier molecular flexibility index (Phi) is 9.28. The standard InChI is InChI=1S/C33H47N3O4/c1-33(2,3)35-31(38)29-17-16-24-6-4-5-7-28(24)36(29)20-27-18-30(25-12-10-23(21-37)11-13-25)40-32(39-27)26-14-8-22(19-34)9-15-26/h8-15,24,27-30,32,37H,4-7,16-21,34H2,1-3H3,(H,35,38)/t24-,27-,28-,29-,30+,32+/m1/s1. The molecule has 2 aromatic rings. The Morgan fingerprint density at radius 2 is 1.62 bits per heavy atom. The molecule has 6 atom stereocenters. The lowest BCUT2D eigenvalue weighted by molar-refractivity contribution is -0.255. The summed E-state index contributed by atoms with van der Waals surface area (Å²) in [5.41, 5.74) is 9.56. The van der Waals surface area contributed by atoms with Gasteiger partial charge >= 0.3 is 0 Å². The van der Waals surface area contributed by atoms with Gasteiger partial charge in [-0.25, -0.2) is 0 Å². The van der Waals surface area contributed by atoms with E-state index in [0.29, 0.717) is 31.5 Å². The molecule has 2 heterocycles. The SMILES string of the molecule is CC(C)(C)NC(=O)[C@H]1CC[C@H]2CCCC[C@H]2N1C[C@H]1C[C@@H](c2ccc(CO)cc2)O[C@@H](c2ccc(CN)cc2)O1. The van der Waals surface area contributed by atoms with Crippen molar-refractivity contribution in [2.45, 2.75) is 115 Å². The van der Waals surface area contributed by atoms with Crippen molar-refractivity contribution in [3.63, 3.8) is 0 Å². The first kappa shape index (κ1) is 29.2. The summed E-state index contributed by atoms with van der Waals surface area (Å²) in [5.74, 6) is 0.780. The van der Waals surface area contributed by atoms with Crippen molar-refractivity contribution in [3.8, 4) is 0 Å². The number of piperidine rings is 1. The highest BCUT2D eigenvalue weighted by molar-refractivity contribution is 5.82. The second kappa shape index (κ2) is 12.7. The molecule has 0 unspecified atom stereocenters. The lowest BCUT2D eigenvalue weighted by Crippen LogP contribution is -2.61. The minimum Gasteiger partial charge on any atom is -0.392 e. The molecule has 2 saturated heterocycles. The molecule has 5 rings (SSSR count). The van der Waals surface area contributed by atoms with E-state index in [1.54, 1.807) is 0 Å². The van der Waals surface area contributed by atoms with Crippen molar-refractivity contribution >= 4 is 5.91 Å². The highest BCUT2D eigenvalue weighted by Gasteiger charge is 2.44. The van der Waals surface area contributed by atoms with Crippen LogP contribution in [0.3, 0.4) is 0 Å². The van der Waals surface area contributed by atoms with Gasteiger partial charge in [0, 0.05) is 36.7 Å². The van der Waals surface area contributed by atoms with Crippen LogP contribution < -0.4 is 11.1 Å². The van der Waals surface area contributed by atoms with Gasteiger partial charge < -0.3 is 25.6 Å². The van der Waals surface area contributed by atoms with E-state index < -0.39 is 6.29 Å². The van der Waals surface area contributed by atoms with Gasteiger partial charge in [-0.2, -0.15) is 0 Å². The molecule has 0 radical (unpaired) electrons. The number of benzene rings is 2. The summed E-state index contributed by atoms with van der Waals surface area (Å²) < 4.78 is 13.2. The van der Waals surface area contributed by atoms with E-state index in [2.05, 4.69) is 31.0 Å². The van der Waals surface area contributed by atoms with Gasteiger partial charge in [-0.05, 0) is 69.1 Å². The third kappa shape index (κ3) is 6.94. The van der Waals surface area contributed by atoms with E-state index in [0.717, 1.165) is 41.5 Å². The number of hydrogen-bond donors (Lipinski definition) is 3. The zero-order valence-corrected chi connectivity index (χ0v) is 24.4. The lowest BCUT2D eigenvalue weighted by atomic mass is 9.75. The van der Waals surface area contributed by atoms with Crippen LogP contribution in [0, 0.1) is 5.92 Å². The van der Waals surface area contributed by atoms with Crippen LogP contribution in [0.2, 0.25) is 0 Å². The smallest absolute Gasteiger partial charge is 0.237 e. The molecule has 1 saturated carbocycles. The number of rotatable bonds is 7. The molecule has 0 spiro atoms. The molecule has 40 heavy (non-hydrogen) atoms. The molecule has 7 nitrogen and oxygen atoms in total. The van der Waals surface area contributed by atoms with Gasteiger partial charge in [-0.1, -0.05) is 61.4 Å². The van der Waals surface area contributed by atoms with Crippen LogP contribution in [-0.2, 0) is 27.4 Å². The van der Waals surface area contributed by atoms with E-state index in [9.17, 15) is 9.90 Å². The molecular formula is C33H47N3O4. The quantitative estimate of drug-likeness (QED) is 0.444. The second-order valence-corrected chi connectivity index (χ2v) is 12.9. The van der Waals surface area contributed by atoms with Crippen LogP contribution >= 0.6 is 0 Å². The summed E-state index contributed by atoms with van der Waals surface area (Å²) in [5, 5.41) is 12.8. The number of nitrogens with zero attached hydrogens (tertiary/aromatic N) is 1. The molecule has 3 aliphatic rings. The zero-order chi connectivity index (χ0) is 28.3. The van der Waals surface area contributed by atoms with Gasteiger partial charge in [-0.15, -0.1) is 0 Å². The fourth-order valence-electron chi connectivity index (χ4n) is 6.81. The second-order valence-electron chi connectivity index (χ2n) is 12.9. The fraction of sp³-hybridized carbons (Fsp3) is 0.606. The van der Waals surface area contributed by atoms with E-state index in [-0.39, 0.29) is 36.3 Å². The van der Waals surface area contributed by atoms with Crippen molar-refractivity contribution in [1.29, 1.82) is 0 Å². The lowest BCUT2D eigenvalue weighted by Gasteiger charge is -2.50. The minimum atomic E-state index is -0.512. The Morgan fingerprint density at radius 3 is 2.30 bits per heavy atom. The molecule has 2 aromatic carbocycles. The Balaban J connectivity index is 1.42. The number of nitrogens with two attached hydrogens (primary N) is 1. The Hall–Kier alpha value is -2.29. The number of nitrogens with one attached hydrogen (secondary N) is 1. The molecule has 4 N–H and O–H groups in total. The summed E-state index contributed by atoms with van der Waals surface area (Å²) in [6.45, 7) is 7.37. The zero-order valence-electron chi connectivity index (χ0n) is 24.4. The summed E-state index contributed by atoms with van der Waals surface area (Å²) in [6.07, 6.45) is 6.85. The highest BCUT2D eigenvalue weighted by atomic mass is 16.7. The van der Waals surface area contributed by atoms with Crippen LogP contribution in [0.4, 0.5) is 0 Å². The normalized spacial score (nSPS) is 29.5. The van der Waals surface area contributed by atoms with Gasteiger partial charge in [0.15, 0.2) is 6.29 Å². The van der Waals surface area contributed by atoms with Crippen LogP contribution in [0.25, 0.3) is 0 Å². The average molecular weight is 550 g/mol. The van der Waals surface area contributed by atoms with E-state index in [1.807, 2.05) is 48.5 Å². The molecule has 7 heteroatoms. The summed E-state index contributed by atoms with van der Waals surface area (Å²) in [6, 6.07) is 16.4. The number of amides is 1. The minimum absolute atomic E-state index is 0.0171. The van der Waals surface area contributed by atoms with Crippen molar-refractivity contribution in [1.82, 2.24) is 10.2 Å². The van der Waals surface area contributed by atoms with E-state index in [1.165, 1.54) is 19.3 Å². The first-order valence-electron chi connectivity index (χ1n) is 15.1. The molecule has 2 aliphatic heterocycles. The molecule has 0 aromatic heterocycles. The molecule has 0 bridgehead atoms. The number of fused-ring (bicyclic) bond motifs is 1. The maximum absolute atomic E-state index is 13.6. The fourth-order valence-corrected chi connectivity index (χ4v) is 6.81. The molecule has 1 amide bonds. The van der Waals surface area contributed by atoms with Gasteiger partial charge in [0.05, 0.1) is 24.9 Å². The van der Waals surface area contributed by atoms with E-state index in [4.69, 9.17) is 15.2 Å². The summed E-state index contributed by atoms with van der Waals surface area (Å²) in [7, 11) is 0. The summed E-state index contributed by atoms with van der Waals surface area (Å²) in [4.78, 5) is 16.1. The number of likely N-dealkylation sites (tertiary alicyclic amines) is 1. The number of hydrogen-bond acceptors (Lipinski definition) is 6. The number of ether oxygens (including phenoxy) is 2. The summed E-state index contributed by atoms with van der Waals surface area (Å²) >= 11 is 0. The first-order valence-corrected chi connectivity index (χ1v) is 15.1. The highest BCUT2D eigenvalue weighted by Crippen LogP contribution is 2.42. The molecule has 1 aliphatic carbocycles. The average Bonchev–Trinajstić information content (AvgIpc) is 2.96. The van der Waals surface area contributed by atoms with Crippen LogP contribution in [0.1, 0.15) is 100 Å². The monoisotopic (exact) mass is 549 g/mol. The van der Waals surface area contributed by atoms with Crippen LogP contribution in [0.5, 0.6) is 0 Å². The van der Waals surface area contributed by atoms with Gasteiger partial charge in [0.25, 0.3) is 0 Å². The topological polar surface area (TPSA) is 97.1 Å². The van der Waals surface area contributed by atoms with E-state index >= 15 is 0 Å². The van der Waals surface area contributed by atoms with Crippen LogP contribution in [-0.4, -0.2) is 46.2 Å². The maximum Gasteiger partial charge on any atom is 0.237 e. The van der Waals surface area contributed by atoms with Gasteiger partial charge in [-0.3, -0.25) is 9.69 Å². The van der Waals surface area contributed by atoms with Gasteiger partial charge in [0.2, 0.25) is 5.91 Å². The Labute approximate surface area is 239 Å². The predicted molar refractivity (Wildman–Crippen MR) is 156 cm³/mol. The molecule has 3 fully saturated rings. The van der Waals surface area contributed by atoms with Crippen molar-refractivity contribution in [2.24, 2.45) is 11.7 Å². The third-order valence-electron chi connectivity index (χ3n) is 8.82. The third-order valence-corrected chi connectivity index (χ3v) is 8.82. The Bertz CT molecular complexity index is 1060. The molecular weight excluding hydrogens is 502 g/mol. The maximum atomic E-state index is 13.6. The van der Waals surface area contributed by atoms with Crippen LogP contribution in [0.15, 0.2) is 48.5 Å². The first-order chi connectivity index (χ1) is 19.2. The van der Waals surface area contributed by atoms with Crippen molar-refractivity contribution in [3.05, 3.63) is 70.8 Å². The van der Waals surface area contributed by atoms with Crippen molar-refractivity contribution in [2.75, 3.05) is 6.54 Å². The number of aliphatic hydroxyl groups excluding tert-OH is 1. The number of aliphatic hydroxyl groups is 1. The number of carbonyl (C=O) groups is 1. The van der Waals surface area contributed by atoms with Gasteiger partial charge in [0.1, 0.15) is 0 Å². The van der Waals surface area contributed by atoms with Crippen molar-refractivity contribution < 1.29 is 19.4 Å². The predicted octanol–water partition coefficient (Wildman–Crippen LogP) is 5.12. The largest absolute Gasteiger partial charge is 0.392 e.